The van der Waals surface area contributed by atoms with E-state index in [9.17, 15) is 14.0 Å². The van der Waals surface area contributed by atoms with E-state index in [-0.39, 0.29) is 17.6 Å². The first-order valence-corrected chi connectivity index (χ1v) is 4.98. The molecule has 0 N–H and O–H groups in total. The van der Waals surface area contributed by atoms with Crippen LogP contribution < -0.4 is 0 Å². The second kappa shape index (κ2) is 3.33. The van der Waals surface area contributed by atoms with Crippen molar-refractivity contribution in [2.24, 2.45) is 11.8 Å². The lowest BCUT2D eigenvalue weighted by atomic mass is 9.96. The summed E-state index contributed by atoms with van der Waals surface area (Å²) in [6.45, 7) is 1.13. The minimum absolute atomic E-state index is 0.00440. The molecule has 0 aromatic heterocycles. The van der Waals surface area contributed by atoms with Crippen molar-refractivity contribution < 1.29 is 18.7 Å². The molecule has 0 aromatic rings. The maximum absolute atomic E-state index is 12.5. The van der Waals surface area contributed by atoms with Gasteiger partial charge in [-0.15, -0.1) is 0 Å². The minimum Gasteiger partial charge on any atom is -0.452 e. The highest BCUT2D eigenvalue weighted by Crippen LogP contribution is 2.43. The van der Waals surface area contributed by atoms with Gasteiger partial charge in [-0.1, -0.05) is 0 Å². The number of carbonyl (C=O) groups is 2. The van der Waals surface area contributed by atoms with E-state index in [1.165, 1.54) is 0 Å². The van der Waals surface area contributed by atoms with Gasteiger partial charge in [0.25, 0.3) is 0 Å². The Bertz CT molecular complexity index is 275. The fourth-order valence-electron chi connectivity index (χ4n) is 2.39. The fourth-order valence-corrected chi connectivity index (χ4v) is 2.39. The van der Waals surface area contributed by atoms with Gasteiger partial charge in [-0.2, -0.15) is 0 Å². The van der Waals surface area contributed by atoms with Crippen LogP contribution in [-0.4, -0.2) is 24.0 Å². The molecule has 0 radical (unpaired) electrons. The van der Waals surface area contributed by atoms with Crippen LogP contribution in [0.3, 0.4) is 0 Å². The van der Waals surface area contributed by atoms with E-state index in [0.29, 0.717) is 0 Å². The predicted octanol–water partition coefficient (Wildman–Crippen LogP) is 1.26. The van der Waals surface area contributed by atoms with E-state index in [0.717, 1.165) is 26.2 Å². The summed E-state index contributed by atoms with van der Waals surface area (Å²) >= 11 is 0. The van der Waals surface area contributed by atoms with E-state index >= 15 is 0 Å². The first kappa shape index (κ1) is 9.62. The van der Waals surface area contributed by atoms with E-state index < -0.39 is 18.2 Å². The standard InChI is InChI=1S/C10H13FO3/c1-5(11)10(13)14-9-7-3-2-6(4-7)8(9)12/h5-7,9H,2-4H2,1H3. The number of rotatable bonds is 2. The third-order valence-electron chi connectivity index (χ3n) is 3.15. The quantitative estimate of drug-likeness (QED) is 0.630. The van der Waals surface area contributed by atoms with Crippen LogP contribution in [0, 0.1) is 11.8 Å². The molecule has 2 bridgehead atoms. The van der Waals surface area contributed by atoms with Gasteiger partial charge in [-0.05, 0) is 26.2 Å². The molecule has 4 unspecified atom stereocenters. The minimum atomic E-state index is -1.64. The second-order valence-corrected chi connectivity index (χ2v) is 4.15. The first-order chi connectivity index (χ1) is 6.59. The van der Waals surface area contributed by atoms with Crippen molar-refractivity contribution in [2.45, 2.75) is 38.5 Å². The van der Waals surface area contributed by atoms with Crippen molar-refractivity contribution >= 4 is 11.8 Å². The number of halogens is 1. The molecule has 2 aliphatic carbocycles. The molecule has 0 spiro atoms. The molecule has 2 rings (SSSR count). The first-order valence-electron chi connectivity index (χ1n) is 4.98. The van der Waals surface area contributed by atoms with Gasteiger partial charge in [0.15, 0.2) is 18.1 Å². The largest absolute Gasteiger partial charge is 0.452 e. The molecular weight excluding hydrogens is 187 g/mol. The van der Waals surface area contributed by atoms with E-state index in [4.69, 9.17) is 4.74 Å². The van der Waals surface area contributed by atoms with Crippen molar-refractivity contribution in [1.82, 2.24) is 0 Å². The number of hydrogen-bond donors (Lipinski definition) is 0. The van der Waals surface area contributed by atoms with E-state index in [2.05, 4.69) is 0 Å². The number of alkyl halides is 1. The molecule has 0 aliphatic heterocycles. The van der Waals surface area contributed by atoms with Crippen LogP contribution in [0.2, 0.25) is 0 Å². The van der Waals surface area contributed by atoms with Gasteiger partial charge in [0.2, 0.25) is 0 Å². The van der Waals surface area contributed by atoms with Crippen LogP contribution in [0.15, 0.2) is 0 Å². The Morgan fingerprint density at radius 2 is 2.29 bits per heavy atom. The highest BCUT2D eigenvalue weighted by molar-refractivity contribution is 5.91. The van der Waals surface area contributed by atoms with Gasteiger partial charge in [0, 0.05) is 11.8 Å². The number of ether oxygens (including phenoxy) is 1. The smallest absolute Gasteiger partial charge is 0.341 e. The third-order valence-corrected chi connectivity index (χ3v) is 3.15. The van der Waals surface area contributed by atoms with Crippen LogP contribution >= 0.6 is 0 Å². The summed E-state index contributed by atoms with van der Waals surface area (Å²) in [5.74, 6) is -0.700. The van der Waals surface area contributed by atoms with Crippen molar-refractivity contribution in [3.63, 3.8) is 0 Å². The zero-order valence-electron chi connectivity index (χ0n) is 8.03. The summed E-state index contributed by atoms with van der Waals surface area (Å²) in [4.78, 5) is 22.5. The lowest BCUT2D eigenvalue weighted by Gasteiger charge is -2.20. The molecule has 0 amide bonds. The van der Waals surface area contributed by atoms with Crippen molar-refractivity contribution in [3.05, 3.63) is 0 Å². The summed E-state index contributed by atoms with van der Waals surface area (Å²) in [5, 5.41) is 0. The molecule has 3 nitrogen and oxygen atoms in total. The Kier molecular flexibility index (Phi) is 2.29. The number of Topliss-reactive ketones (excluding diaryl/α,β-unsaturated/α-hetero) is 1. The Hall–Kier alpha value is -0.930. The average Bonchev–Trinajstić information content (AvgIpc) is 2.69. The number of fused-ring (bicyclic) bond motifs is 2. The number of carbonyl (C=O) groups excluding carboxylic acids is 2. The van der Waals surface area contributed by atoms with Crippen molar-refractivity contribution in [2.75, 3.05) is 0 Å². The Morgan fingerprint density at radius 1 is 1.57 bits per heavy atom. The number of hydrogen-bond acceptors (Lipinski definition) is 3. The van der Waals surface area contributed by atoms with E-state index in [1.54, 1.807) is 0 Å². The Morgan fingerprint density at radius 3 is 2.79 bits per heavy atom. The monoisotopic (exact) mass is 200 g/mol. The summed E-state index contributed by atoms with van der Waals surface area (Å²) in [6, 6.07) is 0. The summed E-state index contributed by atoms with van der Waals surface area (Å²) < 4.78 is 17.4. The molecule has 0 heterocycles. The maximum atomic E-state index is 12.5. The SMILES string of the molecule is CC(F)C(=O)OC1C(=O)C2CCC1C2. The molecule has 78 valence electrons. The highest BCUT2D eigenvalue weighted by atomic mass is 19.1. The van der Waals surface area contributed by atoms with Crippen LogP contribution in [0.5, 0.6) is 0 Å². The average molecular weight is 200 g/mol. The van der Waals surface area contributed by atoms with Crippen molar-refractivity contribution in [1.29, 1.82) is 0 Å². The molecular formula is C10H13FO3. The van der Waals surface area contributed by atoms with Crippen LogP contribution in [0.4, 0.5) is 4.39 Å². The summed E-state index contributed by atoms with van der Waals surface area (Å²) in [5.41, 5.74) is 0. The number of ketones is 1. The topological polar surface area (TPSA) is 43.4 Å². The fraction of sp³-hybridized carbons (Fsp3) is 0.800. The second-order valence-electron chi connectivity index (χ2n) is 4.15. The Labute approximate surface area is 81.6 Å². The molecule has 2 saturated carbocycles. The zero-order chi connectivity index (χ0) is 10.3. The van der Waals surface area contributed by atoms with Gasteiger partial charge >= 0.3 is 5.97 Å². The van der Waals surface area contributed by atoms with Gasteiger partial charge in [0.1, 0.15) is 0 Å². The molecule has 14 heavy (non-hydrogen) atoms. The molecule has 2 aliphatic rings. The maximum Gasteiger partial charge on any atom is 0.341 e. The molecule has 0 saturated heterocycles. The zero-order valence-corrected chi connectivity index (χ0v) is 8.03. The molecule has 0 aromatic carbocycles. The normalized spacial score (nSPS) is 37.3. The van der Waals surface area contributed by atoms with Crippen LogP contribution in [0.1, 0.15) is 26.2 Å². The lowest BCUT2D eigenvalue weighted by Crippen LogP contribution is -2.34. The lowest BCUT2D eigenvalue weighted by molar-refractivity contribution is -0.161. The Balaban J connectivity index is 1.99. The third kappa shape index (κ3) is 1.42. The summed E-state index contributed by atoms with van der Waals surface area (Å²) in [7, 11) is 0. The predicted molar refractivity (Wildman–Crippen MR) is 46.3 cm³/mol. The summed E-state index contributed by atoms with van der Waals surface area (Å²) in [6.07, 6.45) is 0.358. The molecule has 4 atom stereocenters. The van der Waals surface area contributed by atoms with E-state index in [1.807, 2.05) is 0 Å². The van der Waals surface area contributed by atoms with Crippen molar-refractivity contribution in [3.8, 4) is 0 Å². The van der Waals surface area contributed by atoms with Gasteiger partial charge in [-0.3, -0.25) is 4.79 Å². The van der Waals surface area contributed by atoms with Crippen LogP contribution in [-0.2, 0) is 14.3 Å². The molecule has 2 fully saturated rings. The molecule has 4 heteroatoms. The van der Waals surface area contributed by atoms with Gasteiger partial charge in [-0.25, -0.2) is 9.18 Å². The van der Waals surface area contributed by atoms with Gasteiger partial charge in [0.05, 0.1) is 0 Å². The number of esters is 1. The van der Waals surface area contributed by atoms with Gasteiger partial charge < -0.3 is 4.74 Å². The highest BCUT2D eigenvalue weighted by Gasteiger charge is 2.49. The van der Waals surface area contributed by atoms with Crippen LogP contribution in [0.25, 0.3) is 0 Å².